The number of aryl methyl sites for hydroxylation is 1. The van der Waals surface area contributed by atoms with Crippen molar-refractivity contribution < 1.29 is 13.2 Å². The minimum atomic E-state index is -3.18. The Balaban J connectivity index is 1.26. The molecule has 0 radical (unpaired) electrons. The monoisotopic (exact) mass is 548 g/mol. The maximum atomic E-state index is 13.8. The lowest BCUT2D eigenvalue weighted by molar-refractivity contribution is 0.0788. The molecule has 0 spiro atoms. The molecule has 0 saturated carbocycles. The first kappa shape index (κ1) is 27.6. The number of sulfone groups is 1. The third kappa shape index (κ3) is 6.44. The van der Waals surface area contributed by atoms with Crippen molar-refractivity contribution in [2.24, 2.45) is 0 Å². The molecule has 208 valence electrons. The van der Waals surface area contributed by atoms with Crippen LogP contribution in [-0.2, 0) is 22.9 Å². The van der Waals surface area contributed by atoms with E-state index in [1.54, 1.807) is 12.1 Å². The van der Waals surface area contributed by atoms with Gasteiger partial charge in [0.15, 0.2) is 9.84 Å². The second kappa shape index (κ2) is 12.0. The van der Waals surface area contributed by atoms with Gasteiger partial charge in [0.05, 0.1) is 22.3 Å². The number of carbonyl (C=O) groups excluding carboxylic acids is 1. The van der Waals surface area contributed by atoms with Crippen molar-refractivity contribution in [2.75, 3.05) is 32.4 Å². The van der Waals surface area contributed by atoms with Gasteiger partial charge in [0.1, 0.15) is 0 Å². The SMILES string of the molecule is CCCCn1ncc(C(=O)N2CC[C@H](c3ccccc3)C2)c1C1CCN(Cc2ccc(S(C)(=O)=O)cc2)CC1. The Hall–Kier alpha value is -2.97. The van der Waals surface area contributed by atoms with Crippen LogP contribution in [0.3, 0.4) is 0 Å². The Morgan fingerprint density at radius 2 is 1.64 bits per heavy atom. The van der Waals surface area contributed by atoms with Crippen LogP contribution in [0.15, 0.2) is 65.7 Å². The van der Waals surface area contributed by atoms with Gasteiger partial charge in [0.2, 0.25) is 0 Å². The van der Waals surface area contributed by atoms with Gasteiger partial charge < -0.3 is 4.90 Å². The normalized spacial score (nSPS) is 19.0. The van der Waals surface area contributed by atoms with E-state index in [1.165, 1.54) is 11.8 Å². The molecule has 2 aliphatic heterocycles. The lowest BCUT2D eigenvalue weighted by Gasteiger charge is -2.33. The zero-order chi connectivity index (χ0) is 27.4. The molecule has 3 aromatic rings. The summed E-state index contributed by atoms with van der Waals surface area (Å²) < 4.78 is 25.6. The van der Waals surface area contributed by atoms with Crippen LogP contribution >= 0.6 is 0 Å². The number of piperidine rings is 1. The van der Waals surface area contributed by atoms with Crippen molar-refractivity contribution in [3.05, 3.63) is 83.2 Å². The van der Waals surface area contributed by atoms with Gasteiger partial charge >= 0.3 is 0 Å². The number of unbranched alkanes of at least 4 members (excludes halogenated alkanes) is 1. The quantitative estimate of drug-likeness (QED) is 0.372. The molecule has 5 rings (SSSR count). The van der Waals surface area contributed by atoms with E-state index in [1.807, 2.05) is 29.3 Å². The molecule has 0 bridgehead atoms. The van der Waals surface area contributed by atoms with Crippen LogP contribution in [0.4, 0.5) is 0 Å². The largest absolute Gasteiger partial charge is 0.338 e. The first-order valence-corrected chi connectivity index (χ1v) is 16.1. The molecule has 1 atom stereocenters. The Kier molecular flexibility index (Phi) is 8.52. The van der Waals surface area contributed by atoms with Gasteiger partial charge in [-0.25, -0.2) is 8.42 Å². The lowest BCUT2D eigenvalue weighted by atomic mass is 9.90. The van der Waals surface area contributed by atoms with Gasteiger partial charge in [-0.3, -0.25) is 14.4 Å². The molecule has 0 unspecified atom stereocenters. The molecular weight excluding hydrogens is 508 g/mol. The summed E-state index contributed by atoms with van der Waals surface area (Å²) in [5, 5.41) is 4.72. The summed E-state index contributed by atoms with van der Waals surface area (Å²) in [6, 6.07) is 17.7. The van der Waals surface area contributed by atoms with Crippen molar-refractivity contribution in [3.63, 3.8) is 0 Å². The van der Waals surface area contributed by atoms with E-state index in [4.69, 9.17) is 5.10 Å². The fourth-order valence-electron chi connectivity index (χ4n) is 6.05. The van der Waals surface area contributed by atoms with Gasteiger partial charge in [0, 0.05) is 44.3 Å². The molecule has 1 aromatic heterocycles. The molecule has 0 aliphatic carbocycles. The summed E-state index contributed by atoms with van der Waals surface area (Å²) in [6.07, 6.45) is 8.15. The summed E-state index contributed by atoms with van der Waals surface area (Å²) in [7, 11) is -3.18. The summed E-state index contributed by atoms with van der Waals surface area (Å²) in [5.74, 6) is 0.822. The van der Waals surface area contributed by atoms with E-state index in [0.717, 1.165) is 88.2 Å². The molecule has 2 aliphatic rings. The third-order valence-electron chi connectivity index (χ3n) is 8.31. The summed E-state index contributed by atoms with van der Waals surface area (Å²) in [6.45, 7) is 7.25. The molecule has 39 heavy (non-hydrogen) atoms. The van der Waals surface area contributed by atoms with Crippen molar-refractivity contribution in [3.8, 4) is 0 Å². The second-order valence-corrected chi connectivity index (χ2v) is 13.1. The molecular formula is C31H40N4O3S. The van der Waals surface area contributed by atoms with Crippen molar-refractivity contribution in [1.82, 2.24) is 19.6 Å². The van der Waals surface area contributed by atoms with Gasteiger partial charge in [-0.1, -0.05) is 55.8 Å². The minimum absolute atomic E-state index is 0.125. The highest BCUT2D eigenvalue weighted by atomic mass is 32.2. The van der Waals surface area contributed by atoms with E-state index >= 15 is 0 Å². The molecule has 2 saturated heterocycles. The number of carbonyl (C=O) groups is 1. The molecule has 0 N–H and O–H groups in total. The number of amides is 1. The highest BCUT2D eigenvalue weighted by Gasteiger charge is 2.33. The predicted octanol–water partition coefficient (Wildman–Crippen LogP) is 5.10. The Morgan fingerprint density at radius 1 is 0.949 bits per heavy atom. The van der Waals surface area contributed by atoms with E-state index < -0.39 is 9.84 Å². The van der Waals surface area contributed by atoms with Gasteiger partial charge in [-0.05, 0) is 62.0 Å². The lowest BCUT2D eigenvalue weighted by Crippen LogP contribution is -2.34. The molecule has 3 heterocycles. The molecule has 2 aromatic carbocycles. The number of benzene rings is 2. The maximum Gasteiger partial charge on any atom is 0.257 e. The number of hydrogen-bond donors (Lipinski definition) is 0. The number of rotatable bonds is 9. The number of likely N-dealkylation sites (tertiary alicyclic amines) is 2. The Bertz CT molecular complexity index is 1360. The zero-order valence-corrected chi connectivity index (χ0v) is 23.9. The summed E-state index contributed by atoms with van der Waals surface area (Å²) >= 11 is 0. The van der Waals surface area contributed by atoms with Crippen LogP contribution in [0.2, 0.25) is 0 Å². The van der Waals surface area contributed by atoms with Crippen LogP contribution in [0, 0.1) is 0 Å². The Morgan fingerprint density at radius 3 is 2.31 bits per heavy atom. The van der Waals surface area contributed by atoms with E-state index in [9.17, 15) is 13.2 Å². The maximum absolute atomic E-state index is 13.8. The zero-order valence-electron chi connectivity index (χ0n) is 23.1. The van der Waals surface area contributed by atoms with Crippen molar-refractivity contribution in [2.45, 2.75) is 68.8 Å². The van der Waals surface area contributed by atoms with Crippen LogP contribution in [-0.4, -0.2) is 66.3 Å². The van der Waals surface area contributed by atoms with Crippen molar-refractivity contribution in [1.29, 1.82) is 0 Å². The molecule has 2 fully saturated rings. The standard InChI is InChI=1S/C31H40N4O3S/c1-3-4-17-35-30(26-14-18-33(19-15-26)22-24-10-12-28(13-11-24)39(2,37)38)29(21-32-35)31(36)34-20-16-27(23-34)25-8-6-5-7-9-25/h5-13,21,26-27H,3-4,14-20,22-23H2,1-2H3/t27-/m0/s1. The average molecular weight is 549 g/mol. The van der Waals surface area contributed by atoms with E-state index in [0.29, 0.717) is 16.7 Å². The van der Waals surface area contributed by atoms with E-state index in [2.05, 4.69) is 40.8 Å². The Labute approximate surface area is 232 Å². The highest BCUT2D eigenvalue weighted by Crippen LogP contribution is 2.34. The topological polar surface area (TPSA) is 75.5 Å². The number of nitrogens with zero attached hydrogens (tertiary/aromatic N) is 4. The number of aromatic nitrogens is 2. The predicted molar refractivity (Wildman–Crippen MR) is 154 cm³/mol. The highest BCUT2D eigenvalue weighted by molar-refractivity contribution is 7.90. The second-order valence-electron chi connectivity index (χ2n) is 11.1. The van der Waals surface area contributed by atoms with Crippen molar-refractivity contribution >= 4 is 15.7 Å². The van der Waals surface area contributed by atoms with E-state index in [-0.39, 0.29) is 5.91 Å². The molecule has 8 heteroatoms. The molecule has 7 nitrogen and oxygen atoms in total. The van der Waals surface area contributed by atoms with Crippen LogP contribution in [0.25, 0.3) is 0 Å². The molecule has 1 amide bonds. The van der Waals surface area contributed by atoms with Crippen LogP contribution in [0.5, 0.6) is 0 Å². The van der Waals surface area contributed by atoms with Gasteiger partial charge in [-0.15, -0.1) is 0 Å². The van der Waals surface area contributed by atoms with Crippen LogP contribution in [0.1, 0.15) is 78.0 Å². The number of hydrogen-bond acceptors (Lipinski definition) is 5. The van der Waals surface area contributed by atoms with Gasteiger partial charge in [0.25, 0.3) is 5.91 Å². The first-order chi connectivity index (χ1) is 18.8. The fraction of sp³-hybridized carbons (Fsp3) is 0.484. The summed E-state index contributed by atoms with van der Waals surface area (Å²) in [4.78, 5) is 18.6. The van der Waals surface area contributed by atoms with Crippen LogP contribution < -0.4 is 0 Å². The van der Waals surface area contributed by atoms with Gasteiger partial charge in [-0.2, -0.15) is 5.10 Å². The average Bonchev–Trinajstić information content (AvgIpc) is 3.60. The smallest absolute Gasteiger partial charge is 0.257 e. The first-order valence-electron chi connectivity index (χ1n) is 14.2. The fourth-order valence-corrected chi connectivity index (χ4v) is 6.68. The minimum Gasteiger partial charge on any atom is -0.338 e. The summed E-state index contributed by atoms with van der Waals surface area (Å²) in [5.41, 5.74) is 4.33. The third-order valence-corrected chi connectivity index (χ3v) is 9.44.